The summed E-state index contributed by atoms with van der Waals surface area (Å²) in [6.45, 7) is 11.9. The zero-order valence-corrected chi connectivity index (χ0v) is 22.1. The van der Waals surface area contributed by atoms with Crippen LogP contribution in [0.4, 0.5) is 5.69 Å². The molecule has 0 saturated carbocycles. The van der Waals surface area contributed by atoms with Crippen molar-refractivity contribution < 1.29 is 19.1 Å². The van der Waals surface area contributed by atoms with Crippen LogP contribution in [0.2, 0.25) is 0 Å². The zero-order valence-electron chi connectivity index (χ0n) is 22.1. The molecule has 2 aromatic heterocycles. The molecule has 1 aliphatic heterocycles. The van der Waals surface area contributed by atoms with E-state index in [0.717, 1.165) is 17.8 Å². The van der Waals surface area contributed by atoms with Crippen LogP contribution in [-0.2, 0) is 19.1 Å². The summed E-state index contributed by atoms with van der Waals surface area (Å²) >= 11 is 0. The molecule has 0 spiro atoms. The molecule has 3 heterocycles. The van der Waals surface area contributed by atoms with Gasteiger partial charge in [0.15, 0.2) is 0 Å². The lowest BCUT2D eigenvalue weighted by molar-refractivity contribution is -0.141. The summed E-state index contributed by atoms with van der Waals surface area (Å²) in [5.74, 6) is -0.615. The highest BCUT2D eigenvalue weighted by atomic mass is 16.5. The van der Waals surface area contributed by atoms with Crippen LogP contribution in [0.3, 0.4) is 0 Å². The van der Waals surface area contributed by atoms with Crippen LogP contribution in [0.5, 0.6) is 0 Å². The number of aryl methyl sites for hydroxylation is 1. The molecule has 0 aliphatic carbocycles. The average molecular weight is 499 g/mol. The molecule has 1 fully saturated rings. The fourth-order valence-electron chi connectivity index (χ4n) is 4.46. The third kappa shape index (κ3) is 7.16. The smallest absolute Gasteiger partial charge is 0.307 e. The van der Waals surface area contributed by atoms with Gasteiger partial charge in [0.2, 0.25) is 5.91 Å². The van der Waals surface area contributed by atoms with E-state index in [0.29, 0.717) is 25.1 Å². The Balaban J connectivity index is 1.91. The molecule has 1 amide bonds. The van der Waals surface area contributed by atoms with Crippen molar-refractivity contribution in [2.75, 3.05) is 31.7 Å². The quantitative estimate of drug-likeness (QED) is 0.530. The molecule has 1 unspecified atom stereocenters. The summed E-state index contributed by atoms with van der Waals surface area (Å²) in [6.07, 6.45) is 5.50. The number of hydrogen-bond acceptors (Lipinski definition) is 7. The summed E-state index contributed by atoms with van der Waals surface area (Å²) in [5, 5.41) is 3.01. The van der Waals surface area contributed by atoms with Crippen molar-refractivity contribution in [3.8, 4) is 0 Å². The third-order valence-corrected chi connectivity index (χ3v) is 6.29. The third-order valence-electron chi connectivity index (χ3n) is 6.29. The monoisotopic (exact) mass is 498 g/mol. The van der Waals surface area contributed by atoms with Gasteiger partial charge >= 0.3 is 5.97 Å². The van der Waals surface area contributed by atoms with Crippen molar-refractivity contribution in [3.05, 3.63) is 58.3 Å². The van der Waals surface area contributed by atoms with Gasteiger partial charge in [-0.15, -0.1) is 0 Å². The number of ether oxygens (including phenoxy) is 2. The number of anilines is 1. The molecule has 3 rings (SSSR count). The second kappa shape index (κ2) is 11.7. The SMILES string of the molecule is COC(=O)C[C@H](NC(=O)C(CC(C)C)n1ccc(C)cc1=O)c1cncc(N2CCOC(C)(C)C2)c1. The van der Waals surface area contributed by atoms with Crippen LogP contribution < -0.4 is 15.8 Å². The van der Waals surface area contributed by atoms with Crippen molar-refractivity contribution in [2.24, 2.45) is 5.92 Å². The molecule has 1 aliphatic rings. The Morgan fingerprint density at radius 3 is 2.64 bits per heavy atom. The normalized spacial score (nSPS) is 16.9. The topological polar surface area (TPSA) is 103 Å². The number of esters is 1. The molecule has 2 atom stereocenters. The van der Waals surface area contributed by atoms with Gasteiger partial charge in [-0.2, -0.15) is 0 Å². The number of nitrogens with zero attached hydrogens (tertiary/aromatic N) is 3. The second-order valence-electron chi connectivity index (χ2n) is 10.4. The Kier molecular flexibility index (Phi) is 8.89. The minimum atomic E-state index is -0.713. The minimum Gasteiger partial charge on any atom is -0.469 e. The maximum atomic E-state index is 13.6. The first-order valence-corrected chi connectivity index (χ1v) is 12.4. The van der Waals surface area contributed by atoms with E-state index in [-0.39, 0.29) is 29.4 Å². The predicted molar refractivity (Wildman–Crippen MR) is 138 cm³/mol. The predicted octanol–water partition coefficient (Wildman–Crippen LogP) is 3.17. The fraction of sp³-hybridized carbons (Fsp3) is 0.556. The summed E-state index contributed by atoms with van der Waals surface area (Å²) < 4.78 is 12.2. The van der Waals surface area contributed by atoms with Gasteiger partial charge in [0, 0.05) is 31.5 Å². The van der Waals surface area contributed by atoms with E-state index in [4.69, 9.17) is 9.47 Å². The fourth-order valence-corrected chi connectivity index (χ4v) is 4.46. The van der Waals surface area contributed by atoms with Crippen LogP contribution in [0.15, 0.2) is 41.6 Å². The molecular formula is C27H38N4O5. The van der Waals surface area contributed by atoms with Crippen LogP contribution in [0.25, 0.3) is 0 Å². The number of hydrogen-bond donors (Lipinski definition) is 1. The largest absolute Gasteiger partial charge is 0.469 e. The molecule has 196 valence electrons. The van der Waals surface area contributed by atoms with Crippen molar-refractivity contribution in [3.63, 3.8) is 0 Å². The van der Waals surface area contributed by atoms with Gasteiger partial charge < -0.3 is 24.3 Å². The summed E-state index contributed by atoms with van der Waals surface area (Å²) in [5.41, 5.74) is 1.88. The molecule has 1 N–H and O–H groups in total. The van der Waals surface area contributed by atoms with Crippen molar-refractivity contribution >= 4 is 17.6 Å². The number of pyridine rings is 2. The van der Waals surface area contributed by atoms with Gasteiger partial charge in [-0.05, 0) is 56.4 Å². The Morgan fingerprint density at radius 2 is 2.00 bits per heavy atom. The first-order valence-electron chi connectivity index (χ1n) is 12.4. The van der Waals surface area contributed by atoms with Crippen LogP contribution in [0, 0.1) is 12.8 Å². The Hall–Kier alpha value is -3.20. The second-order valence-corrected chi connectivity index (χ2v) is 10.4. The van der Waals surface area contributed by atoms with Gasteiger partial charge in [0.05, 0.1) is 43.7 Å². The van der Waals surface area contributed by atoms with Gasteiger partial charge in [-0.25, -0.2) is 0 Å². The van der Waals surface area contributed by atoms with E-state index in [1.54, 1.807) is 18.6 Å². The van der Waals surface area contributed by atoms with Crippen LogP contribution in [-0.4, -0.2) is 53.8 Å². The number of nitrogens with one attached hydrogen (secondary N) is 1. The van der Waals surface area contributed by atoms with Crippen LogP contribution in [0.1, 0.15) is 63.7 Å². The van der Waals surface area contributed by atoms with Crippen molar-refractivity contribution in [1.29, 1.82) is 0 Å². The number of morpholine rings is 1. The molecule has 9 heteroatoms. The number of carbonyl (C=O) groups excluding carboxylic acids is 2. The number of carbonyl (C=O) groups is 2. The number of aromatic nitrogens is 2. The summed E-state index contributed by atoms with van der Waals surface area (Å²) in [6, 6.07) is 3.89. The molecule has 2 aromatic rings. The highest BCUT2D eigenvalue weighted by Crippen LogP contribution is 2.27. The van der Waals surface area contributed by atoms with Crippen LogP contribution >= 0.6 is 0 Å². The molecule has 0 bridgehead atoms. The number of methoxy groups -OCH3 is 1. The molecule has 0 aromatic carbocycles. The summed E-state index contributed by atoms with van der Waals surface area (Å²) in [7, 11) is 1.32. The highest BCUT2D eigenvalue weighted by molar-refractivity contribution is 5.81. The molecule has 9 nitrogen and oxygen atoms in total. The highest BCUT2D eigenvalue weighted by Gasteiger charge is 2.30. The van der Waals surface area contributed by atoms with Gasteiger partial charge in [-0.3, -0.25) is 19.4 Å². The standard InChI is InChI=1S/C27H38N4O5/c1-18(2)11-23(31-8-7-19(3)12-24(31)32)26(34)29-22(14-25(33)35-6)20-13-21(16-28-15-20)30-9-10-36-27(4,5)17-30/h7-8,12-13,15-16,18,22-23H,9-11,14,17H2,1-6H3,(H,29,34)/t22-,23?/m0/s1. The zero-order chi connectivity index (χ0) is 26.5. The maximum absolute atomic E-state index is 13.6. The molecular weight excluding hydrogens is 460 g/mol. The average Bonchev–Trinajstić information content (AvgIpc) is 2.81. The van der Waals surface area contributed by atoms with Gasteiger partial charge in [0.1, 0.15) is 6.04 Å². The van der Waals surface area contributed by atoms with E-state index >= 15 is 0 Å². The van der Waals surface area contributed by atoms with E-state index in [1.807, 2.05) is 46.8 Å². The summed E-state index contributed by atoms with van der Waals surface area (Å²) in [4.78, 5) is 45.1. The van der Waals surface area contributed by atoms with E-state index in [2.05, 4.69) is 15.2 Å². The molecule has 36 heavy (non-hydrogen) atoms. The first kappa shape index (κ1) is 27.4. The van der Waals surface area contributed by atoms with E-state index in [9.17, 15) is 14.4 Å². The Morgan fingerprint density at radius 1 is 1.25 bits per heavy atom. The minimum absolute atomic E-state index is 0.0564. The number of rotatable bonds is 9. The first-order chi connectivity index (χ1) is 17.0. The van der Waals surface area contributed by atoms with Gasteiger partial charge in [0.25, 0.3) is 5.56 Å². The van der Waals surface area contributed by atoms with Gasteiger partial charge in [-0.1, -0.05) is 13.8 Å². The number of amides is 1. The lowest BCUT2D eigenvalue weighted by atomic mass is 10.00. The van der Waals surface area contributed by atoms with Crippen molar-refractivity contribution in [1.82, 2.24) is 14.9 Å². The lowest BCUT2D eigenvalue weighted by Gasteiger charge is -2.39. The van der Waals surface area contributed by atoms with Crippen molar-refractivity contribution in [2.45, 2.75) is 65.1 Å². The molecule has 0 radical (unpaired) electrons. The maximum Gasteiger partial charge on any atom is 0.307 e. The Bertz CT molecular complexity index is 1130. The van der Waals surface area contributed by atoms with E-state index < -0.39 is 18.1 Å². The Labute approximate surface area is 212 Å². The lowest BCUT2D eigenvalue weighted by Crippen LogP contribution is -2.48. The molecule has 1 saturated heterocycles. The van der Waals surface area contributed by atoms with E-state index in [1.165, 1.54) is 17.7 Å².